The van der Waals surface area contributed by atoms with E-state index < -0.39 is 0 Å². The summed E-state index contributed by atoms with van der Waals surface area (Å²) in [5, 5.41) is 4.23. The van der Waals surface area contributed by atoms with Crippen molar-refractivity contribution in [2.75, 3.05) is 29.9 Å². The monoisotopic (exact) mass is 459 g/mol. The maximum atomic E-state index is 12.8. The fourth-order valence-electron chi connectivity index (χ4n) is 3.75. The highest BCUT2D eigenvalue weighted by molar-refractivity contribution is 7.20. The van der Waals surface area contributed by atoms with Crippen LogP contribution in [0.15, 0.2) is 24.7 Å². The van der Waals surface area contributed by atoms with Gasteiger partial charge in [0.2, 0.25) is 5.91 Å². The first-order valence-electron chi connectivity index (χ1n) is 10.1. The summed E-state index contributed by atoms with van der Waals surface area (Å²) >= 11 is 7.17. The normalized spacial score (nSPS) is 16.4. The van der Waals surface area contributed by atoms with E-state index in [1.165, 1.54) is 23.9 Å². The molecule has 1 N–H and O–H groups in total. The van der Waals surface area contributed by atoms with Crippen LogP contribution in [0.1, 0.15) is 35.0 Å². The average Bonchev–Trinajstić information content (AvgIpc) is 3.12. The molecule has 0 aromatic carbocycles. The number of pyridine rings is 1. The molecule has 0 saturated carbocycles. The molecule has 162 valence electrons. The van der Waals surface area contributed by atoms with E-state index in [1.54, 1.807) is 19.1 Å². The van der Waals surface area contributed by atoms with Gasteiger partial charge in [0.05, 0.1) is 22.9 Å². The van der Waals surface area contributed by atoms with Crippen molar-refractivity contribution in [1.29, 1.82) is 0 Å². The number of nitrogens with one attached hydrogen (secondary N) is 1. The van der Waals surface area contributed by atoms with Crippen molar-refractivity contribution in [2.24, 2.45) is 5.92 Å². The second kappa shape index (κ2) is 9.15. The van der Waals surface area contributed by atoms with Gasteiger partial charge < -0.3 is 15.0 Å². The summed E-state index contributed by atoms with van der Waals surface area (Å²) in [5.41, 5.74) is 0.811. The molecule has 1 amide bonds. The predicted octanol–water partition coefficient (Wildman–Crippen LogP) is 4.08. The van der Waals surface area contributed by atoms with E-state index in [0.717, 1.165) is 41.0 Å². The Balaban J connectivity index is 1.57. The van der Waals surface area contributed by atoms with Crippen LogP contribution in [0.3, 0.4) is 0 Å². The number of fused-ring (bicyclic) bond motifs is 1. The Labute approximate surface area is 188 Å². The molecule has 0 aliphatic carbocycles. The Hall–Kier alpha value is -2.78. The highest BCUT2D eigenvalue weighted by atomic mass is 35.5. The van der Waals surface area contributed by atoms with Gasteiger partial charge in [-0.05, 0) is 44.4 Å². The van der Waals surface area contributed by atoms with E-state index in [2.05, 4.69) is 25.2 Å². The maximum Gasteiger partial charge on any atom is 0.348 e. The lowest BCUT2D eigenvalue weighted by molar-refractivity contribution is -0.120. The molecule has 1 atom stereocenters. The Bertz CT molecular complexity index is 1120. The number of anilines is 2. The first-order chi connectivity index (χ1) is 15.0. The Morgan fingerprint density at radius 2 is 2.16 bits per heavy atom. The number of hydrogen-bond acceptors (Lipinski definition) is 8. The van der Waals surface area contributed by atoms with Crippen LogP contribution >= 0.6 is 22.9 Å². The van der Waals surface area contributed by atoms with E-state index in [-0.39, 0.29) is 17.8 Å². The van der Waals surface area contributed by atoms with Crippen LogP contribution in [0.5, 0.6) is 0 Å². The zero-order valence-corrected chi connectivity index (χ0v) is 18.8. The van der Waals surface area contributed by atoms with Crippen molar-refractivity contribution in [3.63, 3.8) is 0 Å². The number of carbonyl (C=O) groups excluding carboxylic acids is 2. The van der Waals surface area contributed by atoms with Crippen molar-refractivity contribution in [3.05, 3.63) is 40.1 Å². The molecule has 8 nitrogen and oxygen atoms in total. The molecule has 3 aromatic rings. The maximum absolute atomic E-state index is 12.8. The third-order valence-corrected chi connectivity index (χ3v) is 6.64. The van der Waals surface area contributed by atoms with Crippen LogP contribution < -0.4 is 10.2 Å². The number of piperidine rings is 1. The Morgan fingerprint density at radius 1 is 1.32 bits per heavy atom. The molecule has 1 fully saturated rings. The number of nitrogens with zero attached hydrogens (tertiary/aromatic N) is 4. The summed E-state index contributed by atoms with van der Waals surface area (Å²) in [6, 6.07) is 3.37. The van der Waals surface area contributed by atoms with Gasteiger partial charge in [0, 0.05) is 19.3 Å². The van der Waals surface area contributed by atoms with Crippen LogP contribution in [0.2, 0.25) is 5.02 Å². The first kappa shape index (κ1) is 21.5. The molecular weight excluding hydrogens is 438 g/mol. The largest absolute Gasteiger partial charge is 0.462 e. The molecule has 3 aromatic heterocycles. The molecule has 10 heteroatoms. The van der Waals surface area contributed by atoms with Crippen molar-refractivity contribution in [3.8, 4) is 0 Å². The number of rotatable bonds is 5. The van der Waals surface area contributed by atoms with Gasteiger partial charge in [-0.15, -0.1) is 11.3 Å². The second-order valence-corrected chi connectivity index (χ2v) is 8.73. The van der Waals surface area contributed by atoms with Crippen LogP contribution in [-0.4, -0.2) is 46.5 Å². The summed E-state index contributed by atoms with van der Waals surface area (Å²) < 4.78 is 5.18. The van der Waals surface area contributed by atoms with Crippen LogP contribution in [0.25, 0.3) is 10.2 Å². The van der Waals surface area contributed by atoms with Crippen molar-refractivity contribution in [1.82, 2.24) is 15.0 Å². The summed E-state index contributed by atoms with van der Waals surface area (Å²) in [7, 11) is 0. The molecular formula is C21H22ClN5O3S. The molecule has 0 unspecified atom stereocenters. The lowest BCUT2D eigenvalue weighted by Crippen LogP contribution is -2.41. The topological polar surface area (TPSA) is 97.3 Å². The summed E-state index contributed by atoms with van der Waals surface area (Å²) in [6.45, 7) is 5.29. The third-order valence-electron chi connectivity index (χ3n) is 5.24. The lowest BCUT2D eigenvalue weighted by atomic mass is 9.96. The minimum atomic E-state index is -0.347. The molecule has 1 saturated heterocycles. The first-order valence-corrected chi connectivity index (χ1v) is 11.3. The Morgan fingerprint density at radius 3 is 2.90 bits per heavy atom. The number of amides is 1. The molecule has 0 radical (unpaired) electrons. The minimum absolute atomic E-state index is 0.0842. The average molecular weight is 460 g/mol. The van der Waals surface area contributed by atoms with Gasteiger partial charge in [-0.3, -0.25) is 4.79 Å². The molecule has 31 heavy (non-hydrogen) atoms. The standard InChI is InChI=1S/C21H22ClN5O3S/c1-3-30-21(29)17-12(2)16-18(24-11-25-20(16)31-17)27-8-4-5-13(10-27)19(28)26-15-7-6-14(22)9-23-15/h6-7,9,11,13H,3-5,8,10H2,1-2H3,(H,23,26,28)/t13-/m0/s1. The number of hydrogen-bond donors (Lipinski definition) is 1. The lowest BCUT2D eigenvalue weighted by Gasteiger charge is -2.33. The van der Waals surface area contributed by atoms with E-state index in [9.17, 15) is 9.59 Å². The highest BCUT2D eigenvalue weighted by Gasteiger charge is 2.29. The fourth-order valence-corrected chi connectivity index (χ4v) is 4.89. The van der Waals surface area contributed by atoms with Crippen molar-refractivity contribution < 1.29 is 14.3 Å². The van der Waals surface area contributed by atoms with E-state index in [4.69, 9.17) is 16.3 Å². The molecule has 4 heterocycles. The second-order valence-electron chi connectivity index (χ2n) is 7.29. The number of carbonyl (C=O) groups is 2. The SMILES string of the molecule is CCOC(=O)c1sc2ncnc(N3CCC[C@H](C(=O)Nc4ccc(Cl)cn4)C3)c2c1C. The van der Waals surface area contributed by atoms with Gasteiger partial charge in [0.25, 0.3) is 0 Å². The molecule has 1 aliphatic heterocycles. The zero-order chi connectivity index (χ0) is 22.0. The van der Waals surface area contributed by atoms with Gasteiger partial charge in [0.15, 0.2) is 0 Å². The van der Waals surface area contributed by atoms with Crippen molar-refractivity contribution >= 4 is 56.7 Å². The van der Waals surface area contributed by atoms with Gasteiger partial charge in [-0.1, -0.05) is 11.6 Å². The van der Waals surface area contributed by atoms with Gasteiger partial charge in [0.1, 0.15) is 27.7 Å². The zero-order valence-electron chi connectivity index (χ0n) is 17.2. The van der Waals surface area contributed by atoms with Crippen LogP contribution in [-0.2, 0) is 9.53 Å². The van der Waals surface area contributed by atoms with E-state index in [1.807, 2.05) is 6.92 Å². The predicted molar refractivity (Wildman–Crippen MR) is 121 cm³/mol. The van der Waals surface area contributed by atoms with Gasteiger partial charge in [-0.25, -0.2) is 19.7 Å². The number of aryl methyl sites for hydroxylation is 1. The molecule has 0 spiro atoms. The van der Waals surface area contributed by atoms with E-state index >= 15 is 0 Å². The number of aromatic nitrogens is 3. The molecule has 1 aliphatic rings. The van der Waals surface area contributed by atoms with Crippen molar-refractivity contribution in [2.45, 2.75) is 26.7 Å². The van der Waals surface area contributed by atoms with Crippen LogP contribution in [0.4, 0.5) is 11.6 Å². The van der Waals surface area contributed by atoms with Crippen LogP contribution in [0, 0.1) is 12.8 Å². The van der Waals surface area contributed by atoms with Gasteiger partial charge >= 0.3 is 5.97 Å². The quantitative estimate of drug-likeness (QED) is 0.574. The van der Waals surface area contributed by atoms with Gasteiger partial charge in [-0.2, -0.15) is 0 Å². The third kappa shape index (κ3) is 4.47. The fraction of sp³-hybridized carbons (Fsp3) is 0.381. The number of thiophene rings is 1. The number of halogens is 1. The summed E-state index contributed by atoms with van der Waals surface area (Å²) in [4.78, 5) is 41.5. The number of ether oxygens (including phenoxy) is 1. The minimum Gasteiger partial charge on any atom is -0.462 e. The Kier molecular flexibility index (Phi) is 6.33. The smallest absolute Gasteiger partial charge is 0.348 e. The van der Waals surface area contributed by atoms with E-state index in [0.29, 0.717) is 28.9 Å². The summed E-state index contributed by atoms with van der Waals surface area (Å²) in [5.74, 6) is 0.583. The summed E-state index contributed by atoms with van der Waals surface area (Å²) in [6.07, 6.45) is 4.64. The number of esters is 1. The molecule has 4 rings (SSSR count). The highest BCUT2D eigenvalue weighted by Crippen LogP contribution is 2.36. The molecule has 0 bridgehead atoms.